The molecule has 14 heteroatoms. The summed E-state index contributed by atoms with van der Waals surface area (Å²) in [7, 11) is 0. The molecule has 0 aliphatic heterocycles. The normalized spacial score (nSPS) is 13.4. The zero-order valence-corrected chi connectivity index (χ0v) is 23.8. The molecule has 240 valence electrons. The van der Waals surface area contributed by atoms with Crippen molar-refractivity contribution in [1.29, 1.82) is 0 Å². The van der Waals surface area contributed by atoms with E-state index in [2.05, 4.69) is 9.97 Å². The van der Waals surface area contributed by atoms with Crippen LogP contribution in [0.2, 0.25) is 0 Å². The molecule has 0 amide bonds. The van der Waals surface area contributed by atoms with Crippen molar-refractivity contribution >= 4 is 11.9 Å². The van der Waals surface area contributed by atoms with E-state index >= 15 is 0 Å². The van der Waals surface area contributed by atoms with Gasteiger partial charge in [0.25, 0.3) is 0 Å². The smallest absolute Gasteiger partial charge is 0.418 e. The zero-order chi connectivity index (χ0) is 33.1. The van der Waals surface area contributed by atoms with Crippen molar-refractivity contribution < 1.29 is 55.6 Å². The molecule has 4 aromatic rings. The molecule has 0 spiro atoms. The van der Waals surface area contributed by atoms with Crippen molar-refractivity contribution in [2.24, 2.45) is 0 Å². The fraction of sp³-hybridized carbons (Fsp3) is 0.290. The quantitative estimate of drug-likeness (QED) is 0.117. The second kappa shape index (κ2) is 13.2. The van der Waals surface area contributed by atoms with Gasteiger partial charge in [-0.2, -0.15) is 26.3 Å². The van der Waals surface area contributed by atoms with Crippen LogP contribution in [0.15, 0.2) is 60.7 Å². The minimum absolute atomic E-state index is 0.207. The standard InChI is InChI=1S/C31H28F6N2O6/c1-16-20(38-25(23(16)27(41)31(35,36)37)29(43)45-15-19-11-7-4-8-12-19)13-21-22(26(40)30(32,33)34)17(2)24(39-21)28(42)44-14-18-9-5-3-6-10-18/h3-12,26-27,38-41H,13-15H2,1-2H3/t26-,27+/m0/s1. The molecule has 0 saturated carbocycles. The second-order valence-electron chi connectivity index (χ2n) is 10.2. The van der Waals surface area contributed by atoms with E-state index in [1.54, 1.807) is 60.7 Å². The summed E-state index contributed by atoms with van der Waals surface area (Å²) in [6, 6.07) is 16.6. The maximum absolute atomic E-state index is 13.7. The van der Waals surface area contributed by atoms with Gasteiger partial charge in [-0.15, -0.1) is 0 Å². The summed E-state index contributed by atoms with van der Waals surface area (Å²) in [5, 5.41) is 20.4. The Morgan fingerprint density at radius 1 is 0.667 bits per heavy atom. The summed E-state index contributed by atoms with van der Waals surface area (Å²) >= 11 is 0. The number of halogens is 6. The van der Waals surface area contributed by atoms with Gasteiger partial charge in [-0.25, -0.2) is 9.59 Å². The van der Waals surface area contributed by atoms with Gasteiger partial charge in [0.05, 0.1) is 0 Å². The van der Waals surface area contributed by atoms with Gasteiger partial charge >= 0.3 is 24.3 Å². The molecule has 2 aromatic carbocycles. The van der Waals surface area contributed by atoms with Crippen LogP contribution in [0.4, 0.5) is 26.3 Å². The lowest BCUT2D eigenvalue weighted by Gasteiger charge is -2.17. The molecule has 8 nitrogen and oxygen atoms in total. The molecular formula is C31H28F6N2O6. The lowest BCUT2D eigenvalue weighted by Crippen LogP contribution is -2.23. The molecule has 2 atom stereocenters. The molecule has 0 unspecified atom stereocenters. The number of H-pyrrole nitrogens is 2. The monoisotopic (exact) mass is 638 g/mol. The molecule has 4 rings (SSSR count). The van der Waals surface area contributed by atoms with Crippen LogP contribution in [0.1, 0.15) is 78.0 Å². The second-order valence-corrected chi connectivity index (χ2v) is 10.2. The number of aliphatic hydroxyl groups excluding tert-OH is 2. The highest BCUT2D eigenvalue weighted by Crippen LogP contribution is 2.40. The number of rotatable bonds is 10. The first kappa shape index (κ1) is 33.3. The van der Waals surface area contributed by atoms with Gasteiger partial charge in [0.15, 0.2) is 12.2 Å². The van der Waals surface area contributed by atoms with Gasteiger partial charge in [0.2, 0.25) is 0 Å². The Morgan fingerprint density at radius 2 is 1.09 bits per heavy atom. The molecule has 0 fully saturated rings. The van der Waals surface area contributed by atoms with Crippen LogP contribution in [-0.4, -0.2) is 44.5 Å². The summed E-state index contributed by atoms with van der Waals surface area (Å²) in [5.74, 6) is -2.30. The van der Waals surface area contributed by atoms with Crippen LogP contribution < -0.4 is 0 Å². The molecule has 0 aliphatic carbocycles. The average Bonchev–Trinajstić information content (AvgIpc) is 3.49. The van der Waals surface area contributed by atoms with Crippen molar-refractivity contribution in [1.82, 2.24) is 9.97 Å². The van der Waals surface area contributed by atoms with Gasteiger partial charge in [-0.1, -0.05) is 60.7 Å². The highest BCUT2D eigenvalue weighted by molar-refractivity contribution is 5.91. The minimum Gasteiger partial charge on any atom is -0.456 e. The lowest BCUT2D eigenvalue weighted by molar-refractivity contribution is -0.207. The number of aromatic nitrogens is 2. The number of alkyl halides is 6. The Morgan fingerprint density at radius 3 is 1.56 bits per heavy atom. The Kier molecular flexibility index (Phi) is 9.78. The maximum atomic E-state index is 13.7. The number of aliphatic hydroxyl groups is 2. The molecule has 0 radical (unpaired) electrons. The largest absolute Gasteiger partial charge is 0.456 e. The van der Waals surface area contributed by atoms with Gasteiger partial charge in [-0.05, 0) is 36.1 Å². The number of benzene rings is 2. The summed E-state index contributed by atoms with van der Waals surface area (Å²) in [4.78, 5) is 30.8. The third-order valence-electron chi connectivity index (χ3n) is 7.14. The molecular weight excluding hydrogens is 610 g/mol. The highest BCUT2D eigenvalue weighted by atomic mass is 19.4. The first-order valence-electron chi connectivity index (χ1n) is 13.4. The SMILES string of the molecule is Cc1c(Cc2[nH]c(C(=O)OCc3ccccc3)c(C)c2[C@H](O)C(F)(F)F)[nH]c(C(=O)OCc2ccccc2)c1[C@@H](O)C(F)(F)F. The number of esters is 2. The van der Waals surface area contributed by atoms with Crippen LogP contribution in [0, 0.1) is 13.8 Å². The number of nitrogens with one attached hydrogen (secondary N) is 2. The van der Waals surface area contributed by atoms with E-state index in [4.69, 9.17) is 9.47 Å². The molecule has 45 heavy (non-hydrogen) atoms. The first-order valence-corrected chi connectivity index (χ1v) is 13.4. The molecule has 2 heterocycles. The van der Waals surface area contributed by atoms with Crippen LogP contribution in [0.5, 0.6) is 0 Å². The number of hydrogen-bond acceptors (Lipinski definition) is 6. The van der Waals surface area contributed by atoms with E-state index in [1.807, 2.05) is 0 Å². The van der Waals surface area contributed by atoms with E-state index in [9.17, 15) is 46.1 Å². The zero-order valence-electron chi connectivity index (χ0n) is 23.8. The predicted molar refractivity (Wildman–Crippen MR) is 147 cm³/mol. The Balaban J connectivity index is 1.73. The lowest BCUT2D eigenvalue weighted by atomic mass is 9.98. The van der Waals surface area contributed by atoms with Crippen LogP contribution in [0.25, 0.3) is 0 Å². The number of ether oxygens (including phenoxy) is 2. The predicted octanol–water partition coefficient (Wildman–Crippen LogP) is 6.46. The summed E-state index contributed by atoms with van der Waals surface area (Å²) in [6.07, 6.45) is -17.2. The molecule has 0 bridgehead atoms. The Bertz CT molecular complexity index is 1640. The van der Waals surface area contributed by atoms with E-state index in [-0.39, 0.29) is 35.7 Å². The van der Waals surface area contributed by atoms with Gasteiger partial charge in [0, 0.05) is 28.9 Å². The highest BCUT2D eigenvalue weighted by Gasteiger charge is 2.45. The molecule has 2 aromatic heterocycles. The number of carbonyl (C=O) groups excluding carboxylic acids is 2. The fourth-order valence-electron chi connectivity index (χ4n) is 4.82. The topological polar surface area (TPSA) is 125 Å². The van der Waals surface area contributed by atoms with Crippen LogP contribution in [-0.2, 0) is 29.1 Å². The number of hydrogen-bond donors (Lipinski definition) is 4. The Labute approximate surface area is 252 Å². The van der Waals surface area contributed by atoms with Gasteiger partial charge in [0.1, 0.15) is 24.6 Å². The van der Waals surface area contributed by atoms with Gasteiger partial charge < -0.3 is 29.7 Å². The van der Waals surface area contributed by atoms with Crippen molar-refractivity contribution in [2.75, 3.05) is 0 Å². The van der Waals surface area contributed by atoms with Crippen LogP contribution in [0.3, 0.4) is 0 Å². The van der Waals surface area contributed by atoms with Crippen molar-refractivity contribution in [2.45, 2.75) is 58.0 Å². The molecule has 0 saturated heterocycles. The van der Waals surface area contributed by atoms with Crippen molar-refractivity contribution in [3.8, 4) is 0 Å². The first-order chi connectivity index (χ1) is 21.1. The maximum Gasteiger partial charge on any atom is 0.418 e. The van der Waals surface area contributed by atoms with Crippen LogP contribution >= 0.6 is 0 Å². The summed E-state index contributed by atoms with van der Waals surface area (Å²) < 4.78 is 92.5. The minimum atomic E-state index is -5.21. The summed E-state index contributed by atoms with van der Waals surface area (Å²) in [5.41, 5.74) is -2.86. The number of carbonyl (C=O) groups is 2. The van der Waals surface area contributed by atoms with E-state index in [1.165, 1.54) is 0 Å². The van der Waals surface area contributed by atoms with E-state index < -0.39 is 65.4 Å². The number of aromatic amines is 2. The fourth-order valence-corrected chi connectivity index (χ4v) is 4.82. The molecule has 4 N–H and O–H groups in total. The van der Waals surface area contributed by atoms with E-state index in [0.717, 1.165) is 13.8 Å². The van der Waals surface area contributed by atoms with Crippen molar-refractivity contribution in [3.63, 3.8) is 0 Å². The molecule has 0 aliphatic rings. The Hall–Kier alpha value is -4.56. The van der Waals surface area contributed by atoms with E-state index in [0.29, 0.717) is 11.1 Å². The van der Waals surface area contributed by atoms with Crippen molar-refractivity contribution in [3.05, 3.63) is 117 Å². The van der Waals surface area contributed by atoms with Gasteiger partial charge in [-0.3, -0.25) is 0 Å². The third-order valence-corrected chi connectivity index (χ3v) is 7.14. The third kappa shape index (κ3) is 7.57. The average molecular weight is 639 g/mol. The summed E-state index contributed by atoms with van der Waals surface area (Å²) in [6.45, 7) is 1.75.